The highest BCUT2D eigenvalue weighted by Crippen LogP contribution is 2.27. The minimum absolute atomic E-state index is 0.0451. The number of ether oxygens (including phenoxy) is 1. The van der Waals surface area contributed by atoms with Gasteiger partial charge in [0.15, 0.2) is 0 Å². The highest BCUT2D eigenvalue weighted by atomic mass is 32.1. The Morgan fingerprint density at radius 3 is 2.86 bits per heavy atom. The van der Waals surface area contributed by atoms with E-state index in [1.54, 1.807) is 17.7 Å². The van der Waals surface area contributed by atoms with E-state index < -0.39 is 0 Å². The van der Waals surface area contributed by atoms with Crippen LogP contribution in [0, 0.1) is 0 Å². The summed E-state index contributed by atoms with van der Waals surface area (Å²) in [6.45, 7) is 11.2. The number of nitrogens with zero attached hydrogens (tertiary/aromatic N) is 4. The van der Waals surface area contributed by atoms with Crippen molar-refractivity contribution in [2.75, 3.05) is 13.1 Å². The van der Waals surface area contributed by atoms with Crippen molar-refractivity contribution in [2.45, 2.75) is 52.0 Å². The van der Waals surface area contributed by atoms with E-state index in [0.717, 1.165) is 25.5 Å². The van der Waals surface area contributed by atoms with Crippen molar-refractivity contribution in [2.24, 2.45) is 0 Å². The van der Waals surface area contributed by atoms with Gasteiger partial charge in [-0.25, -0.2) is 9.67 Å². The number of hydrogen-bond acceptors (Lipinski definition) is 5. The summed E-state index contributed by atoms with van der Waals surface area (Å²) in [4.78, 5) is 6.88. The molecular formula is C16H24N4OS. The van der Waals surface area contributed by atoms with Crippen molar-refractivity contribution >= 4 is 11.3 Å². The van der Waals surface area contributed by atoms with E-state index >= 15 is 0 Å². The smallest absolute Gasteiger partial charge is 0.141 e. The third-order valence-electron chi connectivity index (χ3n) is 3.87. The van der Waals surface area contributed by atoms with Gasteiger partial charge in [-0.15, -0.1) is 0 Å². The summed E-state index contributed by atoms with van der Waals surface area (Å²) in [6.07, 6.45) is 2.03. The van der Waals surface area contributed by atoms with E-state index in [9.17, 15) is 0 Å². The molecular weight excluding hydrogens is 296 g/mol. The summed E-state index contributed by atoms with van der Waals surface area (Å²) in [5.74, 6) is 1.02. The second-order valence-electron chi connectivity index (χ2n) is 6.94. The van der Waals surface area contributed by atoms with Gasteiger partial charge in [0.25, 0.3) is 0 Å². The van der Waals surface area contributed by atoms with E-state index in [1.807, 2.05) is 4.68 Å². The van der Waals surface area contributed by atoms with Gasteiger partial charge >= 0.3 is 0 Å². The zero-order valence-electron chi connectivity index (χ0n) is 13.7. The third kappa shape index (κ3) is 3.39. The average Bonchev–Trinajstić information content (AvgIpc) is 3.07. The minimum Gasteiger partial charge on any atom is -0.368 e. The lowest BCUT2D eigenvalue weighted by molar-refractivity contribution is -0.0822. The molecule has 0 aromatic carbocycles. The fraction of sp³-hybridized carbons (Fsp3) is 0.625. The number of aromatic nitrogens is 3. The van der Waals surface area contributed by atoms with E-state index in [-0.39, 0.29) is 17.7 Å². The zero-order valence-corrected chi connectivity index (χ0v) is 14.5. The number of morpholine rings is 1. The maximum atomic E-state index is 6.10. The van der Waals surface area contributed by atoms with Crippen molar-refractivity contribution in [3.63, 3.8) is 0 Å². The Bertz CT molecular complexity index is 602. The first-order valence-corrected chi connectivity index (χ1v) is 8.67. The topological polar surface area (TPSA) is 43.2 Å². The predicted octanol–water partition coefficient (Wildman–Crippen LogP) is 3.06. The average molecular weight is 320 g/mol. The van der Waals surface area contributed by atoms with Gasteiger partial charge in [-0.1, -0.05) is 0 Å². The first-order valence-electron chi connectivity index (χ1n) is 7.73. The SMILES string of the molecule is CC1CN(Cc2ncnn2C(C)(C)C)CC(c2ccsc2)O1. The molecule has 0 aliphatic carbocycles. The quantitative estimate of drug-likeness (QED) is 0.872. The first kappa shape index (κ1) is 15.6. The monoisotopic (exact) mass is 320 g/mol. The molecule has 0 spiro atoms. The Labute approximate surface area is 135 Å². The molecule has 0 N–H and O–H groups in total. The Morgan fingerprint density at radius 2 is 2.18 bits per heavy atom. The van der Waals surface area contributed by atoms with Crippen LogP contribution in [0.3, 0.4) is 0 Å². The summed E-state index contributed by atoms with van der Waals surface area (Å²) < 4.78 is 8.12. The summed E-state index contributed by atoms with van der Waals surface area (Å²) in [5.41, 5.74) is 1.23. The maximum absolute atomic E-state index is 6.10. The van der Waals surface area contributed by atoms with Crippen LogP contribution in [-0.4, -0.2) is 38.9 Å². The van der Waals surface area contributed by atoms with Crippen LogP contribution in [0.25, 0.3) is 0 Å². The normalized spacial score (nSPS) is 23.8. The Balaban J connectivity index is 1.74. The molecule has 6 heteroatoms. The Hall–Kier alpha value is -1.24. The summed E-state index contributed by atoms with van der Waals surface area (Å²) in [5, 5.41) is 8.68. The molecule has 1 saturated heterocycles. The highest BCUT2D eigenvalue weighted by molar-refractivity contribution is 7.07. The molecule has 5 nitrogen and oxygen atoms in total. The highest BCUT2D eigenvalue weighted by Gasteiger charge is 2.28. The Kier molecular flexibility index (Phi) is 4.34. The molecule has 22 heavy (non-hydrogen) atoms. The van der Waals surface area contributed by atoms with Gasteiger partial charge in [0.05, 0.1) is 24.3 Å². The van der Waals surface area contributed by atoms with Gasteiger partial charge in [-0.05, 0) is 50.1 Å². The second kappa shape index (κ2) is 6.10. The van der Waals surface area contributed by atoms with Crippen LogP contribution in [0.2, 0.25) is 0 Å². The molecule has 2 atom stereocenters. The molecule has 120 valence electrons. The number of thiophene rings is 1. The number of hydrogen-bond donors (Lipinski definition) is 0. The Morgan fingerprint density at radius 1 is 1.36 bits per heavy atom. The fourth-order valence-corrected chi connectivity index (χ4v) is 3.65. The van der Waals surface area contributed by atoms with E-state index in [2.05, 4.69) is 59.5 Å². The van der Waals surface area contributed by atoms with Crippen LogP contribution in [0.4, 0.5) is 0 Å². The molecule has 2 aromatic heterocycles. The molecule has 1 aliphatic rings. The molecule has 0 saturated carbocycles. The van der Waals surface area contributed by atoms with Gasteiger partial charge in [-0.3, -0.25) is 4.90 Å². The lowest BCUT2D eigenvalue weighted by Crippen LogP contribution is -2.43. The van der Waals surface area contributed by atoms with Gasteiger partial charge in [0.2, 0.25) is 0 Å². The standard InChI is InChI=1S/C16H24N4OS/c1-12-7-19(8-14(21-12)13-5-6-22-10-13)9-15-17-11-18-20(15)16(2,3)4/h5-6,10-12,14H,7-9H2,1-4H3. The van der Waals surface area contributed by atoms with Crippen LogP contribution in [0.1, 0.15) is 45.2 Å². The van der Waals surface area contributed by atoms with Crippen LogP contribution in [0.5, 0.6) is 0 Å². The van der Waals surface area contributed by atoms with E-state index in [0.29, 0.717) is 0 Å². The van der Waals surface area contributed by atoms with Crippen LogP contribution in [0.15, 0.2) is 23.2 Å². The molecule has 1 aliphatic heterocycles. The van der Waals surface area contributed by atoms with Crippen LogP contribution in [-0.2, 0) is 16.8 Å². The van der Waals surface area contributed by atoms with Crippen molar-refractivity contribution in [1.82, 2.24) is 19.7 Å². The maximum Gasteiger partial charge on any atom is 0.141 e. The molecule has 3 rings (SSSR count). The van der Waals surface area contributed by atoms with Crippen molar-refractivity contribution in [3.8, 4) is 0 Å². The zero-order chi connectivity index (χ0) is 15.7. The van der Waals surface area contributed by atoms with Crippen LogP contribution < -0.4 is 0 Å². The van der Waals surface area contributed by atoms with Crippen LogP contribution >= 0.6 is 11.3 Å². The third-order valence-corrected chi connectivity index (χ3v) is 4.57. The summed E-state index contributed by atoms with van der Waals surface area (Å²) in [7, 11) is 0. The largest absolute Gasteiger partial charge is 0.368 e. The van der Waals surface area contributed by atoms with Gasteiger partial charge in [0.1, 0.15) is 12.2 Å². The van der Waals surface area contributed by atoms with Crippen molar-refractivity contribution < 1.29 is 4.74 Å². The molecule has 1 fully saturated rings. The summed E-state index contributed by atoms with van der Waals surface area (Å²) >= 11 is 1.72. The van der Waals surface area contributed by atoms with Crippen molar-refractivity contribution in [3.05, 3.63) is 34.5 Å². The first-order chi connectivity index (χ1) is 10.4. The lowest BCUT2D eigenvalue weighted by Gasteiger charge is -2.36. The molecule has 2 unspecified atom stereocenters. The van der Waals surface area contributed by atoms with Gasteiger partial charge < -0.3 is 4.74 Å². The molecule has 0 bridgehead atoms. The van der Waals surface area contributed by atoms with Gasteiger partial charge in [-0.2, -0.15) is 16.4 Å². The van der Waals surface area contributed by atoms with E-state index in [4.69, 9.17) is 4.74 Å². The second-order valence-corrected chi connectivity index (χ2v) is 7.73. The molecule has 0 radical (unpaired) electrons. The predicted molar refractivity (Wildman–Crippen MR) is 87.9 cm³/mol. The fourth-order valence-electron chi connectivity index (χ4n) is 2.94. The minimum atomic E-state index is -0.0451. The van der Waals surface area contributed by atoms with E-state index in [1.165, 1.54) is 5.56 Å². The van der Waals surface area contributed by atoms with Crippen molar-refractivity contribution in [1.29, 1.82) is 0 Å². The molecule has 2 aromatic rings. The molecule has 0 amide bonds. The lowest BCUT2D eigenvalue weighted by atomic mass is 10.1. The number of rotatable bonds is 3. The van der Waals surface area contributed by atoms with Gasteiger partial charge in [0, 0.05) is 13.1 Å². The molecule has 3 heterocycles. The summed E-state index contributed by atoms with van der Waals surface area (Å²) in [6, 6.07) is 2.16.